The molecule has 0 aliphatic heterocycles. The summed E-state index contributed by atoms with van der Waals surface area (Å²) in [5.74, 6) is 2.93. The number of rotatable bonds is 28. The topological polar surface area (TPSA) is 358 Å². The molecule has 24 heteroatoms. The molecule has 0 saturated heterocycles. The fourth-order valence-electron chi connectivity index (χ4n) is 13.7. The average molecular weight is 1540 g/mol. The van der Waals surface area contributed by atoms with Crippen LogP contribution in [0.15, 0.2) is 97.1 Å². The number of Topliss-reactive ketones (excluding diaryl/α,β-unsaturated/α-hetero) is 3. The number of carboxylic acids is 4. The van der Waals surface area contributed by atoms with Crippen LogP contribution in [-0.4, -0.2) is 133 Å². The molecule has 3 fully saturated rings. The molecule has 2 atom stereocenters. The van der Waals surface area contributed by atoms with Gasteiger partial charge in [0.25, 0.3) is 6.92 Å². The van der Waals surface area contributed by atoms with E-state index in [2.05, 4.69) is 135 Å². The molecule has 2 unspecified atom stereocenters. The number of aromatic carboxylic acids is 4. The van der Waals surface area contributed by atoms with Crippen LogP contribution in [0.3, 0.4) is 0 Å². The van der Waals surface area contributed by atoms with Gasteiger partial charge in [-0.2, -0.15) is 0 Å². The highest BCUT2D eigenvalue weighted by Crippen LogP contribution is 2.40. The number of nitrogens with one attached hydrogen (secondary N) is 3. The lowest BCUT2D eigenvalue weighted by Gasteiger charge is -2.31. The second-order valence-corrected chi connectivity index (χ2v) is 32.7. The highest BCUT2D eigenvalue weighted by molar-refractivity contribution is 6.64. The molecule has 0 radical (unpaired) electrons. The third-order valence-electron chi connectivity index (χ3n) is 21.2. The van der Waals surface area contributed by atoms with Crippen molar-refractivity contribution in [2.45, 2.75) is 265 Å². The zero-order valence-corrected chi connectivity index (χ0v) is 69.4. The van der Waals surface area contributed by atoms with Crippen molar-refractivity contribution in [3.63, 3.8) is 0 Å². The van der Waals surface area contributed by atoms with Crippen molar-refractivity contribution in [3.8, 4) is 0 Å². The van der Waals surface area contributed by atoms with Crippen molar-refractivity contribution in [3.05, 3.63) is 158 Å². The fourth-order valence-corrected chi connectivity index (χ4v) is 13.7. The summed E-state index contributed by atoms with van der Waals surface area (Å²) in [5.41, 5.74) is 8.22. The van der Waals surface area contributed by atoms with E-state index in [4.69, 9.17) is 30.3 Å². The van der Waals surface area contributed by atoms with Crippen LogP contribution in [0.25, 0.3) is 0 Å². The van der Waals surface area contributed by atoms with Gasteiger partial charge in [-0.15, -0.1) is 0 Å². The van der Waals surface area contributed by atoms with Gasteiger partial charge < -0.3 is 66.5 Å². The van der Waals surface area contributed by atoms with E-state index in [0.29, 0.717) is 82.1 Å². The van der Waals surface area contributed by atoms with Crippen LogP contribution in [0.1, 0.15) is 310 Å². The Bertz CT molecular complexity index is 3470. The smallest absolute Gasteiger partial charge is 0.454 e. The summed E-state index contributed by atoms with van der Waals surface area (Å²) in [6.07, 6.45) is 14.6. The van der Waals surface area contributed by atoms with E-state index in [1.807, 2.05) is 32.8 Å². The normalized spacial score (nSPS) is 16.9. The number of hydrogen-bond acceptors (Lipinski definition) is 16. The van der Waals surface area contributed by atoms with Gasteiger partial charge in [0.15, 0.2) is 11.6 Å². The first kappa shape index (κ1) is 102. The third-order valence-corrected chi connectivity index (χ3v) is 21.2. The highest BCUT2D eigenvalue weighted by atomic mass is 16.4. The molecule has 3 saturated carbocycles. The number of benzene rings is 5. The molecule has 20 nitrogen and oxygen atoms in total. The molecule has 0 aromatic heterocycles. The Balaban J connectivity index is 0.000000666. The van der Waals surface area contributed by atoms with E-state index >= 15 is 0 Å². The molecular formula is C87H137B4N3O17. The van der Waals surface area contributed by atoms with Gasteiger partial charge in [-0.05, 0) is 218 Å². The van der Waals surface area contributed by atoms with Crippen LogP contribution in [-0.2, 0) is 17.9 Å². The Labute approximate surface area is 666 Å². The van der Waals surface area contributed by atoms with Crippen LogP contribution in [0.5, 0.6) is 0 Å². The summed E-state index contributed by atoms with van der Waals surface area (Å²) >= 11 is 0. The number of carbonyl (C=O) groups is 7. The first-order valence-electron chi connectivity index (χ1n) is 39.8. The zero-order valence-electron chi connectivity index (χ0n) is 69.4. The molecule has 5 aromatic rings. The second-order valence-electron chi connectivity index (χ2n) is 32.7. The summed E-state index contributed by atoms with van der Waals surface area (Å²) in [5, 5.41) is 99.3. The molecule has 614 valence electrons. The minimum atomic E-state index is -1.18. The Hall–Kier alpha value is -7.43. The molecule has 0 heterocycles. The molecule has 8 rings (SSSR count). The van der Waals surface area contributed by atoms with Crippen molar-refractivity contribution >= 4 is 86.1 Å². The van der Waals surface area contributed by atoms with Crippen LogP contribution in [0.4, 0.5) is 11.4 Å². The van der Waals surface area contributed by atoms with Gasteiger partial charge in [0.1, 0.15) is 5.78 Å². The fraction of sp³-hybridized carbons (Fsp3) is 0.575. The Kier molecular flexibility index (Phi) is 47.6. The molecule has 0 spiro atoms. The maximum absolute atomic E-state index is 11.6. The molecular weight excluding hydrogens is 1400 g/mol. The van der Waals surface area contributed by atoms with E-state index < -0.39 is 38.1 Å². The van der Waals surface area contributed by atoms with Gasteiger partial charge in [0.05, 0.1) is 28.8 Å². The SMILES string of the molecule is C.CB(O)C1CCC(C(C)C)CC1.CB(O)c1ccc(C(C)C)cc1.CC(=O)CNCc1cc(C(=O)O)cc(C(=O)O)c1C(C)C.CC(=O)c1cc(NCC2CCC(C(C)C)CC2)cc(C(=O)O)c1.CC(=O)c1cc(NCc2ccc(C(C)C)cc2)cc(C(=O)O)c1.CC(C)C1CCC(B(O)O)C1.CC(C)CCB(O)O. The summed E-state index contributed by atoms with van der Waals surface area (Å²) in [7, 11) is -2.20. The second kappa shape index (κ2) is 52.1. The Morgan fingerprint density at radius 2 is 0.874 bits per heavy atom. The highest BCUT2D eigenvalue weighted by Gasteiger charge is 2.34. The quantitative estimate of drug-likeness (QED) is 0.0163. The van der Waals surface area contributed by atoms with Gasteiger partial charge in [0, 0.05) is 42.1 Å². The van der Waals surface area contributed by atoms with Crippen LogP contribution in [0.2, 0.25) is 31.6 Å². The molecule has 0 amide bonds. The molecule has 13 N–H and O–H groups in total. The third kappa shape index (κ3) is 39.3. The predicted molar refractivity (Wildman–Crippen MR) is 456 cm³/mol. The molecule has 3 aliphatic rings. The molecule has 111 heavy (non-hydrogen) atoms. The number of hydrogen-bond donors (Lipinski definition) is 13. The minimum absolute atomic E-state index is 0. The largest absolute Gasteiger partial charge is 0.478 e. The standard InChI is InChI=1S/C19H27NO3.C19H21NO3.C15H19NO5.C10H21BO.C10H15BO.C8H17BO2.C5H13BO2.CH4/c2*1-12(2)15-6-4-14(5-7-15)11-20-18-9-16(13(3)21)8-17(10-18)19(22)23;1-8(2)13-11(7-16-6-9(3)17)4-10(14(18)19)5-12(13)15(20)21;2*1-8(2)9-4-6-10(7-5-9)11(3)12;1-6(2)7-3-4-8(5-7)9(10)11;1-5(2)3-4-6(7)8;/h8-10,12,14-15,20H,4-7,11H2,1-3H3,(H,22,23);4-10,12,20H,11H2,1-3H3,(H,22,23);4-5,8,16H,6-7H2,1-3H3,(H,18,19)(H,20,21);8-10,12H,4-7H2,1-3H3;4-8,12H,1-3H3;6-8,10-11H,3-5H2,1-2H3;5,7-8H,3-4H2,1-2H3;1H4. The zero-order chi connectivity index (χ0) is 83.4. The van der Waals surface area contributed by atoms with Crippen LogP contribution in [0, 0.1) is 47.3 Å². The first-order chi connectivity index (χ1) is 51.4. The van der Waals surface area contributed by atoms with E-state index in [9.17, 15) is 53.8 Å². The van der Waals surface area contributed by atoms with Gasteiger partial charge in [-0.1, -0.05) is 211 Å². The molecule has 3 aliphatic carbocycles. The van der Waals surface area contributed by atoms with E-state index in [1.165, 1.54) is 120 Å². The Morgan fingerprint density at radius 3 is 1.22 bits per heavy atom. The predicted octanol–water partition coefficient (Wildman–Crippen LogP) is 17.5. The van der Waals surface area contributed by atoms with E-state index in [-0.39, 0.29) is 85.7 Å². The minimum Gasteiger partial charge on any atom is -0.478 e. The van der Waals surface area contributed by atoms with E-state index in [1.54, 1.807) is 25.0 Å². The maximum atomic E-state index is 11.6. The summed E-state index contributed by atoms with van der Waals surface area (Å²) in [4.78, 5) is 78.9. The van der Waals surface area contributed by atoms with Crippen molar-refractivity contribution in [1.82, 2.24) is 5.32 Å². The molecule has 0 bridgehead atoms. The number of anilines is 2. The lowest BCUT2D eigenvalue weighted by Crippen LogP contribution is -2.25. The van der Waals surface area contributed by atoms with E-state index in [0.717, 1.165) is 66.2 Å². The van der Waals surface area contributed by atoms with Crippen molar-refractivity contribution in [2.24, 2.45) is 47.3 Å². The number of carboxylic acid groups (broad SMARTS) is 4. The molecule has 5 aromatic carbocycles. The van der Waals surface area contributed by atoms with Gasteiger partial charge >= 0.3 is 45.0 Å². The lowest BCUT2D eigenvalue weighted by molar-refractivity contribution is -0.116. The maximum Gasteiger partial charge on any atom is 0.454 e. The van der Waals surface area contributed by atoms with Gasteiger partial charge in [0.2, 0.25) is 0 Å². The van der Waals surface area contributed by atoms with Crippen LogP contribution >= 0.6 is 0 Å². The monoisotopic (exact) mass is 1540 g/mol. The summed E-state index contributed by atoms with van der Waals surface area (Å²) < 4.78 is 0. The van der Waals surface area contributed by atoms with Gasteiger partial charge in [-0.3, -0.25) is 14.4 Å². The Morgan fingerprint density at radius 1 is 0.459 bits per heavy atom. The van der Waals surface area contributed by atoms with Gasteiger partial charge in [-0.25, -0.2) is 19.2 Å². The number of ketones is 3. The number of carbonyl (C=O) groups excluding carboxylic acids is 3. The van der Waals surface area contributed by atoms with Crippen molar-refractivity contribution in [2.75, 3.05) is 23.7 Å². The van der Waals surface area contributed by atoms with Crippen molar-refractivity contribution in [1.29, 1.82) is 0 Å². The first-order valence-corrected chi connectivity index (χ1v) is 39.8. The summed E-state index contributed by atoms with van der Waals surface area (Å²) in [6.45, 7) is 39.4. The van der Waals surface area contributed by atoms with Crippen molar-refractivity contribution < 1.29 is 84.1 Å². The summed E-state index contributed by atoms with van der Waals surface area (Å²) in [6, 6.07) is 28.4. The van der Waals surface area contributed by atoms with Crippen LogP contribution < -0.4 is 21.4 Å². The average Bonchev–Trinajstić information content (AvgIpc) is 1.30. The lowest BCUT2D eigenvalue weighted by atomic mass is 9.53.